The lowest BCUT2D eigenvalue weighted by Gasteiger charge is -2.44. The lowest BCUT2D eigenvalue weighted by molar-refractivity contribution is -0.277. The molecule has 0 bridgehead atoms. The Hall–Kier alpha value is -0.490. The van der Waals surface area contributed by atoms with Gasteiger partial charge in [-0.2, -0.15) is 52.7 Å². The maximum absolute atomic E-state index is 12.8. The molecule has 140 valence electrons. The molecule has 0 fully saturated rings. The van der Waals surface area contributed by atoms with Crippen LogP contribution in [0.4, 0.5) is 52.7 Å². The molecule has 0 nitrogen and oxygen atoms in total. The largest absolute Gasteiger partial charge is 0.412 e. The van der Waals surface area contributed by atoms with E-state index in [1.165, 1.54) is 0 Å². The standard InChI is InChI=1S/C10H10F12S/c1-3-5(7(11,12)13,8(14,15)16)23-6(4-2,9(17,18)19)10(20,21)22/h3-4H2,1-2H3. The number of hydrogen-bond acceptors (Lipinski definition) is 1. The van der Waals surface area contributed by atoms with Crippen LogP contribution < -0.4 is 0 Å². The summed E-state index contributed by atoms with van der Waals surface area (Å²) in [6.45, 7) is 0.447. The van der Waals surface area contributed by atoms with Gasteiger partial charge in [-0.05, 0) is 12.8 Å². The molecule has 0 radical (unpaired) electrons. The summed E-state index contributed by atoms with van der Waals surface area (Å²) in [4.78, 5) is 0. The minimum absolute atomic E-state index is 0.223. The first kappa shape index (κ1) is 22.5. The fourth-order valence-corrected chi connectivity index (χ4v) is 3.14. The Morgan fingerprint density at radius 2 is 0.652 bits per heavy atom. The van der Waals surface area contributed by atoms with Crippen molar-refractivity contribution in [2.24, 2.45) is 0 Å². The van der Waals surface area contributed by atoms with Gasteiger partial charge >= 0.3 is 24.7 Å². The van der Waals surface area contributed by atoms with E-state index in [4.69, 9.17) is 0 Å². The number of thioether (sulfide) groups is 1. The maximum Gasteiger partial charge on any atom is 0.412 e. The Morgan fingerprint density at radius 1 is 0.478 bits per heavy atom. The molecule has 0 aromatic rings. The van der Waals surface area contributed by atoms with E-state index >= 15 is 0 Å². The molecule has 0 aromatic heterocycles. The van der Waals surface area contributed by atoms with Gasteiger partial charge in [0.1, 0.15) is 0 Å². The van der Waals surface area contributed by atoms with Crippen LogP contribution >= 0.6 is 11.8 Å². The van der Waals surface area contributed by atoms with Crippen molar-refractivity contribution in [3.05, 3.63) is 0 Å². The molecule has 0 aromatic carbocycles. The van der Waals surface area contributed by atoms with Crippen LogP contribution in [0.2, 0.25) is 0 Å². The third kappa shape index (κ3) is 3.63. The fourth-order valence-electron chi connectivity index (χ4n) is 1.80. The van der Waals surface area contributed by atoms with Gasteiger partial charge in [0.15, 0.2) is 0 Å². The van der Waals surface area contributed by atoms with Crippen LogP contribution in [-0.2, 0) is 0 Å². The summed E-state index contributed by atoms with van der Waals surface area (Å²) in [5, 5.41) is 0. The Balaban J connectivity index is 6.56. The topological polar surface area (TPSA) is 0 Å². The van der Waals surface area contributed by atoms with E-state index in [9.17, 15) is 52.7 Å². The summed E-state index contributed by atoms with van der Waals surface area (Å²) in [7, 11) is 0. The summed E-state index contributed by atoms with van der Waals surface area (Å²) >= 11 is -2.19. The van der Waals surface area contributed by atoms with Crippen LogP contribution in [0.1, 0.15) is 26.7 Å². The van der Waals surface area contributed by atoms with E-state index in [0.717, 1.165) is 0 Å². The Morgan fingerprint density at radius 3 is 0.739 bits per heavy atom. The van der Waals surface area contributed by atoms with Crippen molar-refractivity contribution in [3.63, 3.8) is 0 Å². The molecule has 0 unspecified atom stereocenters. The zero-order valence-corrected chi connectivity index (χ0v) is 12.2. The molecule has 0 atom stereocenters. The summed E-state index contributed by atoms with van der Waals surface area (Å²) < 4.78 is 144. The first-order valence-electron chi connectivity index (χ1n) is 5.80. The van der Waals surface area contributed by atoms with Crippen LogP contribution in [-0.4, -0.2) is 34.2 Å². The number of alkyl halides is 12. The predicted octanol–water partition coefficient (Wildman–Crippen LogP) is 6.27. The van der Waals surface area contributed by atoms with Crippen molar-refractivity contribution in [2.45, 2.75) is 60.9 Å². The zero-order valence-electron chi connectivity index (χ0n) is 11.4. The molecule has 0 aliphatic rings. The second kappa shape index (κ2) is 6.10. The molecule has 0 saturated heterocycles. The highest BCUT2D eigenvalue weighted by Gasteiger charge is 2.80. The molecular weight excluding hydrogens is 380 g/mol. The van der Waals surface area contributed by atoms with Crippen molar-refractivity contribution >= 4 is 11.8 Å². The van der Waals surface area contributed by atoms with E-state index in [1.807, 2.05) is 0 Å². The van der Waals surface area contributed by atoms with Crippen LogP contribution in [0.3, 0.4) is 0 Å². The molecule has 0 saturated carbocycles. The smallest absolute Gasteiger partial charge is 0.169 e. The third-order valence-electron chi connectivity index (χ3n) is 3.18. The van der Waals surface area contributed by atoms with Gasteiger partial charge in [-0.1, -0.05) is 13.8 Å². The van der Waals surface area contributed by atoms with Gasteiger partial charge in [-0.25, -0.2) is 0 Å². The minimum atomic E-state index is -6.37. The molecule has 0 spiro atoms. The van der Waals surface area contributed by atoms with Crippen LogP contribution in [0.15, 0.2) is 0 Å². The molecule has 23 heavy (non-hydrogen) atoms. The summed E-state index contributed by atoms with van der Waals surface area (Å²) in [5.74, 6) is 0. The molecule has 0 N–H and O–H groups in total. The summed E-state index contributed by atoms with van der Waals surface area (Å²) in [6, 6.07) is 0. The Bertz CT molecular complexity index is 332. The first-order valence-corrected chi connectivity index (χ1v) is 6.61. The average molecular weight is 390 g/mol. The van der Waals surface area contributed by atoms with E-state index in [2.05, 4.69) is 0 Å². The lowest BCUT2D eigenvalue weighted by Crippen LogP contribution is -2.62. The third-order valence-corrected chi connectivity index (χ3v) is 5.38. The fraction of sp³-hybridized carbons (Fsp3) is 1.00. The van der Waals surface area contributed by atoms with E-state index < -0.39 is 58.8 Å². The monoisotopic (exact) mass is 390 g/mol. The molecule has 0 rings (SSSR count). The van der Waals surface area contributed by atoms with Gasteiger partial charge < -0.3 is 0 Å². The highest BCUT2D eigenvalue weighted by Crippen LogP contribution is 2.65. The number of hydrogen-bond donors (Lipinski definition) is 0. The molecule has 0 amide bonds. The molecule has 0 heterocycles. The van der Waals surface area contributed by atoms with Crippen LogP contribution in [0, 0.1) is 0 Å². The van der Waals surface area contributed by atoms with Crippen molar-refractivity contribution < 1.29 is 52.7 Å². The normalized spacial score (nSPS) is 15.9. The second-order valence-corrected chi connectivity index (χ2v) is 6.05. The summed E-state index contributed by atoms with van der Waals surface area (Å²) in [6.07, 6.45) is -29.6. The Kier molecular flexibility index (Phi) is 5.97. The van der Waals surface area contributed by atoms with E-state index in [0.29, 0.717) is 0 Å². The average Bonchev–Trinajstić information content (AvgIpc) is 2.23. The minimum Gasteiger partial charge on any atom is -0.169 e. The highest BCUT2D eigenvalue weighted by molar-refractivity contribution is 8.02. The van der Waals surface area contributed by atoms with Crippen molar-refractivity contribution in [2.75, 3.05) is 0 Å². The van der Waals surface area contributed by atoms with Crippen LogP contribution in [0.25, 0.3) is 0 Å². The molecule has 0 aliphatic carbocycles. The van der Waals surface area contributed by atoms with Crippen molar-refractivity contribution in [1.29, 1.82) is 0 Å². The van der Waals surface area contributed by atoms with E-state index in [1.54, 1.807) is 0 Å². The van der Waals surface area contributed by atoms with E-state index in [-0.39, 0.29) is 13.8 Å². The molecule has 13 heteroatoms. The van der Waals surface area contributed by atoms with Crippen molar-refractivity contribution in [1.82, 2.24) is 0 Å². The molecular formula is C10H10F12S. The van der Waals surface area contributed by atoms with Gasteiger partial charge in [0.05, 0.1) is 0 Å². The lowest BCUT2D eigenvalue weighted by atomic mass is 10.0. The second-order valence-electron chi connectivity index (χ2n) is 4.45. The number of rotatable bonds is 4. The number of halogens is 12. The Labute approximate surface area is 126 Å². The molecule has 0 aliphatic heterocycles. The highest BCUT2D eigenvalue weighted by atomic mass is 32.2. The summed E-state index contributed by atoms with van der Waals surface area (Å²) in [5.41, 5.74) is 0. The van der Waals surface area contributed by atoms with Crippen molar-refractivity contribution in [3.8, 4) is 0 Å². The predicted molar refractivity (Wildman–Crippen MR) is 57.9 cm³/mol. The first-order chi connectivity index (χ1) is 9.83. The van der Waals surface area contributed by atoms with Gasteiger partial charge in [0.25, 0.3) is 0 Å². The van der Waals surface area contributed by atoms with Gasteiger partial charge in [0.2, 0.25) is 9.49 Å². The maximum atomic E-state index is 12.8. The van der Waals surface area contributed by atoms with Crippen LogP contribution in [0.5, 0.6) is 0 Å². The van der Waals surface area contributed by atoms with Gasteiger partial charge in [-0.3, -0.25) is 0 Å². The van der Waals surface area contributed by atoms with Gasteiger partial charge in [0, 0.05) is 0 Å². The zero-order chi connectivity index (χ0) is 19.1. The quantitative estimate of drug-likeness (QED) is 0.510. The van der Waals surface area contributed by atoms with Gasteiger partial charge in [-0.15, -0.1) is 11.8 Å². The SMILES string of the molecule is CCC(SC(CC)(C(F)(F)F)C(F)(F)F)(C(F)(F)F)C(F)(F)F.